The van der Waals surface area contributed by atoms with Crippen LogP contribution in [0.25, 0.3) is 11.3 Å². The maximum atomic E-state index is 4.53. The first-order chi connectivity index (χ1) is 8.31. The average molecular weight is 244 g/mol. The molecule has 0 unspecified atom stereocenters. The molecule has 1 aliphatic carbocycles. The molecule has 1 saturated carbocycles. The highest BCUT2D eigenvalue weighted by atomic mass is 32.1. The van der Waals surface area contributed by atoms with Crippen LogP contribution >= 0.6 is 11.5 Å². The van der Waals surface area contributed by atoms with E-state index in [-0.39, 0.29) is 0 Å². The molecule has 2 nitrogen and oxygen atoms in total. The van der Waals surface area contributed by atoms with Crippen molar-refractivity contribution in [2.75, 3.05) is 0 Å². The molecular formula is C14H16N2S. The van der Waals surface area contributed by atoms with Gasteiger partial charge in [-0.3, -0.25) is 0 Å². The fraction of sp³-hybridized carbons (Fsp3) is 0.357. The van der Waals surface area contributed by atoms with Crippen molar-refractivity contribution in [1.29, 1.82) is 0 Å². The second-order valence-corrected chi connectivity index (χ2v) is 5.59. The third-order valence-corrected chi connectivity index (χ3v) is 3.80. The molecule has 1 heterocycles. The first kappa shape index (κ1) is 10.9. The Balaban J connectivity index is 1.74. The summed E-state index contributed by atoms with van der Waals surface area (Å²) in [5, 5.41) is 3.52. The van der Waals surface area contributed by atoms with Gasteiger partial charge in [-0.1, -0.05) is 23.8 Å². The predicted molar refractivity (Wildman–Crippen MR) is 72.1 cm³/mol. The zero-order valence-electron chi connectivity index (χ0n) is 9.94. The van der Waals surface area contributed by atoms with Crippen LogP contribution in [-0.4, -0.2) is 10.4 Å². The molecule has 0 saturated heterocycles. The summed E-state index contributed by atoms with van der Waals surface area (Å²) in [6.07, 6.45) is 2.67. The van der Waals surface area contributed by atoms with Crippen molar-refractivity contribution in [3.8, 4) is 11.3 Å². The maximum absolute atomic E-state index is 4.53. The van der Waals surface area contributed by atoms with Crippen LogP contribution in [0.4, 0.5) is 0 Å². The fourth-order valence-electron chi connectivity index (χ4n) is 1.87. The Morgan fingerprint density at radius 2 is 2.24 bits per heavy atom. The Bertz CT molecular complexity index is 514. The van der Waals surface area contributed by atoms with Crippen molar-refractivity contribution < 1.29 is 0 Å². The van der Waals surface area contributed by atoms with Crippen LogP contribution in [0.5, 0.6) is 0 Å². The van der Waals surface area contributed by atoms with E-state index < -0.39 is 0 Å². The number of aromatic nitrogens is 1. The van der Waals surface area contributed by atoms with Gasteiger partial charge in [0.1, 0.15) is 0 Å². The lowest BCUT2D eigenvalue weighted by Crippen LogP contribution is -2.14. The van der Waals surface area contributed by atoms with Gasteiger partial charge in [-0.15, -0.1) is 0 Å². The molecule has 17 heavy (non-hydrogen) atoms. The van der Waals surface area contributed by atoms with E-state index in [1.165, 1.54) is 28.8 Å². The van der Waals surface area contributed by atoms with Crippen molar-refractivity contribution in [1.82, 2.24) is 9.69 Å². The van der Waals surface area contributed by atoms with Crippen LogP contribution < -0.4 is 5.32 Å². The molecule has 0 radical (unpaired) electrons. The molecule has 0 aliphatic heterocycles. The van der Waals surface area contributed by atoms with Gasteiger partial charge in [0.25, 0.3) is 0 Å². The molecule has 0 bridgehead atoms. The zero-order chi connectivity index (χ0) is 11.7. The van der Waals surface area contributed by atoms with Gasteiger partial charge >= 0.3 is 0 Å². The molecule has 1 aliphatic rings. The van der Waals surface area contributed by atoms with Gasteiger partial charge in [0.15, 0.2) is 0 Å². The van der Waals surface area contributed by atoms with Gasteiger partial charge in [-0.05, 0) is 43.4 Å². The monoisotopic (exact) mass is 244 g/mol. The summed E-state index contributed by atoms with van der Waals surface area (Å²) in [5.74, 6) is 0. The van der Waals surface area contributed by atoms with Gasteiger partial charge in [0.05, 0.1) is 5.69 Å². The minimum absolute atomic E-state index is 0.763. The molecule has 0 amide bonds. The van der Waals surface area contributed by atoms with Crippen LogP contribution in [-0.2, 0) is 6.54 Å². The van der Waals surface area contributed by atoms with E-state index >= 15 is 0 Å². The second kappa shape index (κ2) is 4.59. The van der Waals surface area contributed by atoms with E-state index in [0.717, 1.165) is 18.3 Å². The Morgan fingerprint density at radius 1 is 1.35 bits per heavy atom. The summed E-state index contributed by atoms with van der Waals surface area (Å²) in [4.78, 5) is 1.33. The Hall–Kier alpha value is -1.19. The number of hydrogen-bond acceptors (Lipinski definition) is 3. The topological polar surface area (TPSA) is 24.9 Å². The highest BCUT2D eigenvalue weighted by Crippen LogP contribution is 2.24. The van der Waals surface area contributed by atoms with Gasteiger partial charge in [-0.25, -0.2) is 0 Å². The third-order valence-electron chi connectivity index (χ3n) is 3.02. The summed E-state index contributed by atoms with van der Waals surface area (Å²) in [7, 11) is 0. The summed E-state index contributed by atoms with van der Waals surface area (Å²) in [5.41, 5.74) is 3.61. The summed E-state index contributed by atoms with van der Waals surface area (Å²) >= 11 is 1.61. The molecular weight excluding hydrogens is 228 g/mol. The number of benzene rings is 1. The lowest BCUT2D eigenvalue weighted by Gasteiger charge is -1.98. The maximum Gasteiger partial charge on any atom is 0.0844 e. The minimum Gasteiger partial charge on any atom is -0.309 e. The van der Waals surface area contributed by atoms with Gasteiger partial charge in [-0.2, -0.15) is 4.37 Å². The first-order valence-electron chi connectivity index (χ1n) is 6.07. The van der Waals surface area contributed by atoms with Crippen molar-refractivity contribution in [2.24, 2.45) is 0 Å². The molecule has 3 heteroatoms. The largest absolute Gasteiger partial charge is 0.309 e. The van der Waals surface area contributed by atoms with Crippen LogP contribution in [0.3, 0.4) is 0 Å². The van der Waals surface area contributed by atoms with E-state index in [1.807, 2.05) is 0 Å². The molecule has 2 aromatic rings. The van der Waals surface area contributed by atoms with Crippen LogP contribution in [0.1, 0.15) is 23.3 Å². The minimum atomic E-state index is 0.763. The fourth-order valence-corrected chi connectivity index (χ4v) is 2.56. The van der Waals surface area contributed by atoms with Crippen molar-refractivity contribution in [3.05, 3.63) is 40.8 Å². The highest BCUT2D eigenvalue weighted by molar-refractivity contribution is 7.06. The molecule has 0 spiro atoms. The number of aryl methyl sites for hydroxylation is 1. The lowest BCUT2D eigenvalue weighted by atomic mass is 10.1. The second-order valence-electron chi connectivity index (χ2n) is 4.70. The predicted octanol–water partition coefficient (Wildman–Crippen LogP) is 3.37. The van der Waals surface area contributed by atoms with Crippen molar-refractivity contribution >= 4 is 11.5 Å². The van der Waals surface area contributed by atoms with E-state index in [0.29, 0.717) is 0 Å². The molecule has 1 fully saturated rings. The van der Waals surface area contributed by atoms with Crippen molar-refractivity contribution in [2.45, 2.75) is 32.4 Å². The van der Waals surface area contributed by atoms with Crippen LogP contribution in [0.2, 0.25) is 0 Å². The quantitative estimate of drug-likeness (QED) is 0.892. The molecule has 88 valence electrons. The Morgan fingerprint density at radius 3 is 3.00 bits per heavy atom. The van der Waals surface area contributed by atoms with Gasteiger partial charge < -0.3 is 5.32 Å². The lowest BCUT2D eigenvalue weighted by molar-refractivity contribution is 0.695. The summed E-state index contributed by atoms with van der Waals surface area (Å²) in [6.45, 7) is 3.08. The molecule has 3 rings (SSSR count). The Kier molecular flexibility index (Phi) is 2.95. The normalized spacial score (nSPS) is 15.1. The third kappa shape index (κ3) is 2.73. The smallest absolute Gasteiger partial charge is 0.0844 e. The van der Waals surface area contributed by atoms with Gasteiger partial charge in [0, 0.05) is 23.0 Å². The molecule has 1 aromatic carbocycles. The van der Waals surface area contributed by atoms with E-state index in [2.05, 4.69) is 46.9 Å². The van der Waals surface area contributed by atoms with E-state index in [1.54, 1.807) is 11.5 Å². The standard InChI is InChI=1S/C14H16N2S/c1-10-3-2-4-11(7-10)14-8-13(17-16-14)9-15-12-5-6-12/h2-4,7-8,12,15H,5-6,9H2,1H3. The van der Waals surface area contributed by atoms with Crippen LogP contribution in [0.15, 0.2) is 30.3 Å². The van der Waals surface area contributed by atoms with Crippen molar-refractivity contribution in [3.63, 3.8) is 0 Å². The summed E-state index contributed by atoms with van der Waals surface area (Å²) < 4.78 is 4.53. The molecule has 1 aromatic heterocycles. The van der Waals surface area contributed by atoms with Gasteiger partial charge in [0.2, 0.25) is 0 Å². The Labute approximate surface area is 106 Å². The highest BCUT2D eigenvalue weighted by Gasteiger charge is 2.20. The summed E-state index contributed by atoms with van der Waals surface area (Å²) in [6, 6.07) is 11.5. The van der Waals surface area contributed by atoms with Crippen LogP contribution in [0, 0.1) is 6.92 Å². The SMILES string of the molecule is Cc1cccc(-c2cc(CNC3CC3)sn2)c1. The average Bonchev–Trinajstić information content (AvgIpc) is 3.04. The van der Waals surface area contributed by atoms with E-state index in [9.17, 15) is 0 Å². The zero-order valence-corrected chi connectivity index (χ0v) is 10.8. The number of hydrogen-bond donors (Lipinski definition) is 1. The van der Waals surface area contributed by atoms with E-state index in [4.69, 9.17) is 0 Å². The molecule has 0 atom stereocenters. The number of nitrogens with zero attached hydrogens (tertiary/aromatic N) is 1. The molecule has 1 N–H and O–H groups in total. The number of nitrogens with one attached hydrogen (secondary N) is 1. The number of rotatable bonds is 4. The first-order valence-corrected chi connectivity index (χ1v) is 6.84.